The van der Waals surface area contributed by atoms with Gasteiger partial charge < -0.3 is 10.2 Å². The molecule has 0 atom stereocenters. The van der Waals surface area contributed by atoms with Gasteiger partial charge in [-0.2, -0.15) is 0 Å². The van der Waals surface area contributed by atoms with Crippen LogP contribution in [0.5, 0.6) is 0 Å². The first-order chi connectivity index (χ1) is 8.69. The Morgan fingerprint density at radius 3 is 2.72 bits per heavy atom. The van der Waals surface area contributed by atoms with Crippen molar-refractivity contribution in [1.82, 2.24) is 4.90 Å². The second kappa shape index (κ2) is 6.07. The molecule has 0 saturated carbocycles. The predicted octanol–water partition coefficient (Wildman–Crippen LogP) is 3.65. The third kappa shape index (κ3) is 3.37. The summed E-state index contributed by atoms with van der Waals surface area (Å²) in [6.45, 7) is 4.73. The molecule has 0 aliphatic rings. The van der Waals surface area contributed by atoms with Crippen LogP contribution in [0.1, 0.15) is 18.2 Å². The second-order valence-corrected chi connectivity index (χ2v) is 5.14. The first kappa shape index (κ1) is 13.2. The topological polar surface area (TPSA) is 42.4 Å². The van der Waals surface area contributed by atoms with Crippen molar-refractivity contribution in [3.05, 3.63) is 52.4 Å². The molecule has 1 aromatic carbocycles. The summed E-state index contributed by atoms with van der Waals surface area (Å²) in [5.41, 5.74) is 7.98. The standard InChI is InChI=1S/C14H17BrN2O/c1-2-17(10-13-4-3-7-18-13)9-11-5-6-12(15)8-14(11)16/h3-8H,2,9-10,16H2,1H3. The maximum atomic E-state index is 6.02. The molecule has 0 amide bonds. The summed E-state index contributed by atoms with van der Waals surface area (Å²) in [5.74, 6) is 0.979. The Balaban J connectivity index is 2.05. The highest BCUT2D eigenvalue weighted by molar-refractivity contribution is 9.10. The zero-order valence-electron chi connectivity index (χ0n) is 10.4. The first-order valence-electron chi connectivity index (χ1n) is 5.97. The van der Waals surface area contributed by atoms with Gasteiger partial charge in [0.15, 0.2) is 0 Å². The van der Waals surface area contributed by atoms with Crippen LogP contribution in [0.4, 0.5) is 5.69 Å². The number of nitrogens with zero attached hydrogens (tertiary/aromatic N) is 1. The highest BCUT2D eigenvalue weighted by atomic mass is 79.9. The van der Waals surface area contributed by atoms with E-state index in [1.807, 2.05) is 24.3 Å². The predicted molar refractivity (Wildman–Crippen MR) is 77.1 cm³/mol. The van der Waals surface area contributed by atoms with Crippen molar-refractivity contribution < 1.29 is 4.42 Å². The Kier molecular flexibility index (Phi) is 4.44. The number of hydrogen-bond acceptors (Lipinski definition) is 3. The molecular weight excluding hydrogens is 292 g/mol. The van der Waals surface area contributed by atoms with Gasteiger partial charge in [0, 0.05) is 16.7 Å². The van der Waals surface area contributed by atoms with Crippen molar-refractivity contribution in [3.63, 3.8) is 0 Å². The molecule has 4 heteroatoms. The molecule has 0 aliphatic carbocycles. The SMILES string of the molecule is CCN(Cc1ccco1)Cc1ccc(Br)cc1N. The summed E-state index contributed by atoms with van der Waals surface area (Å²) < 4.78 is 6.38. The number of hydrogen-bond donors (Lipinski definition) is 1. The summed E-state index contributed by atoms with van der Waals surface area (Å²) in [6, 6.07) is 9.93. The van der Waals surface area contributed by atoms with Crippen LogP contribution >= 0.6 is 15.9 Å². The molecule has 0 fully saturated rings. The lowest BCUT2D eigenvalue weighted by atomic mass is 10.1. The molecule has 0 saturated heterocycles. The van der Waals surface area contributed by atoms with Crippen molar-refractivity contribution in [2.75, 3.05) is 12.3 Å². The van der Waals surface area contributed by atoms with Crippen LogP contribution in [0, 0.1) is 0 Å². The number of nitrogen functional groups attached to an aromatic ring is 1. The molecule has 3 nitrogen and oxygen atoms in total. The minimum absolute atomic E-state index is 0.805. The van der Waals surface area contributed by atoms with Crippen molar-refractivity contribution >= 4 is 21.6 Å². The Hall–Kier alpha value is -1.26. The quantitative estimate of drug-likeness (QED) is 0.857. The van der Waals surface area contributed by atoms with E-state index < -0.39 is 0 Å². The molecule has 1 aromatic heterocycles. The van der Waals surface area contributed by atoms with Gasteiger partial charge in [0.25, 0.3) is 0 Å². The molecule has 0 unspecified atom stereocenters. The van der Waals surface area contributed by atoms with Crippen LogP contribution in [0.15, 0.2) is 45.5 Å². The largest absolute Gasteiger partial charge is 0.468 e. The zero-order valence-corrected chi connectivity index (χ0v) is 12.0. The molecule has 0 spiro atoms. The third-order valence-corrected chi connectivity index (χ3v) is 3.40. The van der Waals surface area contributed by atoms with E-state index in [-0.39, 0.29) is 0 Å². The summed E-state index contributed by atoms with van der Waals surface area (Å²) in [4.78, 5) is 2.29. The second-order valence-electron chi connectivity index (χ2n) is 4.23. The summed E-state index contributed by atoms with van der Waals surface area (Å²) >= 11 is 3.42. The van der Waals surface area contributed by atoms with Crippen LogP contribution < -0.4 is 5.73 Å². The van der Waals surface area contributed by atoms with Crippen LogP contribution in [0.2, 0.25) is 0 Å². The molecule has 2 rings (SSSR count). The van der Waals surface area contributed by atoms with Crippen molar-refractivity contribution in [2.24, 2.45) is 0 Å². The number of nitrogens with two attached hydrogens (primary N) is 1. The van der Waals surface area contributed by atoms with Gasteiger partial charge in [0.05, 0.1) is 12.8 Å². The molecule has 1 heterocycles. The van der Waals surface area contributed by atoms with Gasteiger partial charge in [0.2, 0.25) is 0 Å². The van der Waals surface area contributed by atoms with E-state index in [4.69, 9.17) is 10.2 Å². The fourth-order valence-electron chi connectivity index (χ4n) is 1.85. The van der Waals surface area contributed by atoms with E-state index >= 15 is 0 Å². The number of benzene rings is 1. The number of rotatable bonds is 5. The highest BCUT2D eigenvalue weighted by Crippen LogP contribution is 2.20. The Morgan fingerprint density at radius 1 is 1.28 bits per heavy atom. The van der Waals surface area contributed by atoms with E-state index in [2.05, 4.69) is 33.8 Å². The van der Waals surface area contributed by atoms with Crippen molar-refractivity contribution in [3.8, 4) is 0 Å². The molecule has 18 heavy (non-hydrogen) atoms. The highest BCUT2D eigenvalue weighted by Gasteiger charge is 2.08. The van der Waals surface area contributed by atoms with Gasteiger partial charge in [-0.1, -0.05) is 28.9 Å². The Labute approximate surface area is 116 Å². The van der Waals surface area contributed by atoms with E-state index in [0.717, 1.165) is 41.1 Å². The minimum Gasteiger partial charge on any atom is -0.468 e. The minimum atomic E-state index is 0.805. The van der Waals surface area contributed by atoms with Gasteiger partial charge in [-0.15, -0.1) is 0 Å². The molecule has 2 N–H and O–H groups in total. The Bertz CT molecular complexity index is 497. The van der Waals surface area contributed by atoms with E-state index in [1.165, 1.54) is 0 Å². The number of anilines is 1. The van der Waals surface area contributed by atoms with E-state index in [1.54, 1.807) is 6.26 Å². The average Bonchev–Trinajstić information content (AvgIpc) is 2.84. The van der Waals surface area contributed by atoms with Crippen molar-refractivity contribution in [2.45, 2.75) is 20.0 Å². The summed E-state index contributed by atoms with van der Waals surface area (Å²) in [7, 11) is 0. The molecule has 96 valence electrons. The van der Waals surface area contributed by atoms with Crippen LogP contribution in [0.3, 0.4) is 0 Å². The lowest BCUT2D eigenvalue weighted by Crippen LogP contribution is -2.22. The lowest BCUT2D eigenvalue weighted by Gasteiger charge is -2.20. The van der Waals surface area contributed by atoms with Gasteiger partial charge in [0.1, 0.15) is 5.76 Å². The van der Waals surface area contributed by atoms with Gasteiger partial charge in [-0.05, 0) is 36.4 Å². The molecular formula is C14H17BrN2O. The molecule has 2 aromatic rings. The smallest absolute Gasteiger partial charge is 0.117 e. The molecule has 0 aliphatic heterocycles. The summed E-state index contributed by atoms with van der Waals surface area (Å²) in [6.07, 6.45) is 1.71. The van der Waals surface area contributed by atoms with Gasteiger partial charge in [-0.25, -0.2) is 0 Å². The monoisotopic (exact) mass is 308 g/mol. The summed E-state index contributed by atoms with van der Waals surface area (Å²) in [5, 5.41) is 0. The van der Waals surface area contributed by atoms with Crippen LogP contribution in [-0.4, -0.2) is 11.4 Å². The van der Waals surface area contributed by atoms with Crippen molar-refractivity contribution in [1.29, 1.82) is 0 Å². The first-order valence-corrected chi connectivity index (χ1v) is 6.77. The molecule has 0 bridgehead atoms. The van der Waals surface area contributed by atoms with E-state index in [0.29, 0.717) is 0 Å². The maximum Gasteiger partial charge on any atom is 0.117 e. The fourth-order valence-corrected chi connectivity index (χ4v) is 2.23. The fraction of sp³-hybridized carbons (Fsp3) is 0.286. The number of furan rings is 1. The normalized spacial score (nSPS) is 11.1. The van der Waals surface area contributed by atoms with E-state index in [9.17, 15) is 0 Å². The Morgan fingerprint density at radius 2 is 2.11 bits per heavy atom. The van der Waals surface area contributed by atoms with Gasteiger partial charge >= 0.3 is 0 Å². The van der Waals surface area contributed by atoms with Gasteiger partial charge in [-0.3, -0.25) is 4.90 Å². The lowest BCUT2D eigenvalue weighted by molar-refractivity contribution is 0.248. The van der Waals surface area contributed by atoms with Crippen LogP contribution in [0.25, 0.3) is 0 Å². The third-order valence-electron chi connectivity index (χ3n) is 2.91. The molecule has 0 radical (unpaired) electrons. The number of halogens is 1. The maximum absolute atomic E-state index is 6.02. The van der Waals surface area contributed by atoms with Crippen LogP contribution in [-0.2, 0) is 13.1 Å². The zero-order chi connectivity index (χ0) is 13.0. The average molecular weight is 309 g/mol.